The third kappa shape index (κ3) is 4.14. The molecule has 184 valence electrons. The number of nitrogens with zero attached hydrogens (tertiary/aromatic N) is 1. The first-order chi connectivity index (χ1) is 17.6. The Morgan fingerprint density at radius 2 is 1.50 bits per heavy atom. The Morgan fingerprint density at radius 1 is 0.861 bits per heavy atom. The van der Waals surface area contributed by atoms with E-state index in [1.807, 2.05) is 54.6 Å². The van der Waals surface area contributed by atoms with E-state index in [1.54, 1.807) is 0 Å². The molecule has 1 heterocycles. The maximum atomic E-state index is 13.3. The van der Waals surface area contributed by atoms with Crippen LogP contribution in [0.2, 0.25) is 0 Å². The first kappa shape index (κ1) is 22.8. The summed E-state index contributed by atoms with van der Waals surface area (Å²) in [6.45, 7) is 0.226. The fraction of sp³-hybridized carbons (Fsp3) is 0.310. The van der Waals surface area contributed by atoms with Crippen LogP contribution in [0.1, 0.15) is 41.9 Å². The van der Waals surface area contributed by atoms with Gasteiger partial charge in [0.05, 0.1) is 6.61 Å². The summed E-state index contributed by atoms with van der Waals surface area (Å²) in [6, 6.07) is 24.6. The lowest BCUT2D eigenvalue weighted by Crippen LogP contribution is -2.61. The van der Waals surface area contributed by atoms with Gasteiger partial charge < -0.3 is 14.2 Å². The molecule has 1 atom stereocenters. The van der Waals surface area contributed by atoms with E-state index in [0.29, 0.717) is 12.8 Å². The van der Waals surface area contributed by atoms with Gasteiger partial charge in [-0.2, -0.15) is 5.06 Å². The Balaban J connectivity index is 1.17. The van der Waals surface area contributed by atoms with Crippen molar-refractivity contribution in [1.29, 1.82) is 0 Å². The van der Waals surface area contributed by atoms with Gasteiger partial charge in [0.1, 0.15) is 13.2 Å². The van der Waals surface area contributed by atoms with Crippen LogP contribution in [0.15, 0.2) is 78.9 Å². The molecule has 1 amide bonds. The number of ether oxygens (including phenoxy) is 3. The molecule has 0 radical (unpaired) electrons. The second-order valence-electron chi connectivity index (χ2n) is 9.41. The minimum atomic E-state index is -1.05. The fourth-order valence-corrected chi connectivity index (χ4v) is 5.08. The van der Waals surface area contributed by atoms with E-state index in [1.165, 1.54) is 0 Å². The van der Waals surface area contributed by atoms with Crippen molar-refractivity contribution in [3.05, 3.63) is 95.6 Å². The molecule has 0 bridgehead atoms. The van der Waals surface area contributed by atoms with Gasteiger partial charge in [0.2, 0.25) is 0 Å². The predicted molar refractivity (Wildman–Crippen MR) is 131 cm³/mol. The molecule has 3 aromatic rings. The summed E-state index contributed by atoms with van der Waals surface area (Å²) in [5.41, 5.74) is 5.37. The minimum absolute atomic E-state index is 0.00216. The highest BCUT2D eigenvalue weighted by Crippen LogP contribution is 2.45. The third-order valence-electron chi connectivity index (χ3n) is 7.18. The second kappa shape index (κ2) is 9.41. The van der Waals surface area contributed by atoms with Crippen molar-refractivity contribution < 1.29 is 28.6 Å². The number of fused-ring (bicyclic) bond motifs is 3. The van der Waals surface area contributed by atoms with Gasteiger partial charge in [0, 0.05) is 18.8 Å². The van der Waals surface area contributed by atoms with Crippen LogP contribution in [0.5, 0.6) is 0 Å². The predicted octanol–water partition coefficient (Wildman–Crippen LogP) is 5.19. The number of esters is 1. The summed E-state index contributed by atoms with van der Waals surface area (Å²) in [7, 11) is 0. The van der Waals surface area contributed by atoms with Crippen LogP contribution >= 0.6 is 0 Å². The smallest absolute Gasteiger partial charge is 0.435 e. The molecule has 0 unspecified atom stereocenters. The van der Waals surface area contributed by atoms with E-state index >= 15 is 0 Å². The van der Waals surface area contributed by atoms with Gasteiger partial charge in [-0.15, -0.1) is 0 Å². The largest absolute Gasteiger partial charge is 0.459 e. The van der Waals surface area contributed by atoms with E-state index in [2.05, 4.69) is 24.3 Å². The van der Waals surface area contributed by atoms with Crippen LogP contribution in [0, 0.1) is 0 Å². The molecule has 0 aromatic heterocycles. The number of benzene rings is 3. The molecule has 7 heteroatoms. The molecule has 6 rings (SSSR count). The molecule has 1 saturated carbocycles. The van der Waals surface area contributed by atoms with Gasteiger partial charge in [-0.05, 0) is 34.2 Å². The van der Waals surface area contributed by atoms with Crippen LogP contribution in [-0.4, -0.2) is 42.2 Å². The Bertz CT molecular complexity index is 1230. The number of hydrogen-bond donors (Lipinski definition) is 0. The Kier molecular flexibility index (Phi) is 5.95. The lowest BCUT2D eigenvalue weighted by atomic mass is 9.91. The van der Waals surface area contributed by atoms with Crippen molar-refractivity contribution in [3.8, 4) is 11.1 Å². The van der Waals surface area contributed by atoms with E-state index in [0.717, 1.165) is 39.3 Å². The molecule has 3 aromatic carbocycles. The summed E-state index contributed by atoms with van der Waals surface area (Å²) in [4.78, 5) is 32.2. The maximum Gasteiger partial charge on any atom is 0.435 e. The highest BCUT2D eigenvalue weighted by molar-refractivity contribution is 5.82. The minimum Gasteiger partial charge on any atom is -0.459 e. The number of carbonyl (C=O) groups is 2. The molecular formula is C29H27NO6. The molecular weight excluding hydrogens is 458 g/mol. The molecule has 2 fully saturated rings. The summed E-state index contributed by atoms with van der Waals surface area (Å²) in [5.74, 6) is -1.56. The van der Waals surface area contributed by atoms with E-state index in [4.69, 9.17) is 19.0 Å². The van der Waals surface area contributed by atoms with Crippen LogP contribution in [-0.2, 0) is 30.4 Å². The Labute approximate surface area is 209 Å². The number of rotatable bonds is 5. The van der Waals surface area contributed by atoms with Crippen molar-refractivity contribution in [2.75, 3.05) is 13.2 Å². The molecule has 1 spiro atoms. The Morgan fingerprint density at radius 3 is 2.14 bits per heavy atom. The number of hydrogen-bond acceptors (Lipinski definition) is 6. The van der Waals surface area contributed by atoms with E-state index in [-0.39, 0.29) is 25.7 Å². The monoisotopic (exact) mass is 485 g/mol. The van der Waals surface area contributed by atoms with Gasteiger partial charge in [0.25, 0.3) is 0 Å². The average Bonchev–Trinajstić information content (AvgIpc) is 3.23. The quantitative estimate of drug-likeness (QED) is 0.463. The van der Waals surface area contributed by atoms with Crippen molar-refractivity contribution in [2.24, 2.45) is 0 Å². The zero-order valence-corrected chi connectivity index (χ0v) is 19.8. The van der Waals surface area contributed by atoms with Gasteiger partial charge in [-0.25, -0.2) is 14.4 Å². The van der Waals surface area contributed by atoms with Gasteiger partial charge in [-0.3, -0.25) is 0 Å². The SMILES string of the molecule is O=C(OCc1ccccc1)[C@@H]1COC2(CCC2)ON1C(=O)OCC1c2ccccc2-c2ccccc21. The van der Waals surface area contributed by atoms with E-state index in [9.17, 15) is 9.59 Å². The third-order valence-corrected chi connectivity index (χ3v) is 7.18. The van der Waals surface area contributed by atoms with Gasteiger partial charge in [-0.1, -0.05) is 78.9 Å². The van der Waals surface area contributed by atoms with Crippen molar-refractivity contribution in [2.45, 2.75) is 43.6 Å². The highest BCUT2D eigenvalue weighted by Gasteiger charge is 2.51. The number of amides is 1. The first-order valence-electron chi connectivity index (χ1n) is 12.3. The number of carbonyl (C=O) groups excluding carboxylic acids is 2. The van der Waals surface area contributed by atoms with Crippen LogP contribution in [0.4, 0.5) is 4.79 Å². The van der Waals surface area contributed by atoms with E-state index < -0.39 is 23.9 Å². The zero-order valence-electron chi connectivity index (χ0n) is 19.8. The Hall–Kier alpha value is -3.68. The molecule has 1 saturated heterocycles. The lowest BCUT2D eigenvalue weighted by Gasteiger charge is -2.48. The highest BCUT2D eigenvalue weighted by atomic mass is 16.8. The molecule has 0 N–H and O–H groups in total. The standard InChI is InChI=1S/C29H27NO6/c31-27(33-17-20-9-2-1-3-10-20)26-19-35-29(15-8-16-29)36-30(26)28(32)34-18-25-23-13-6-4-11-21(23)22-12-5-7-14-24(22)25/h1-7,9-14,25-26H,8,15-19H2/t26-/m0/s1. The van der Waals surface area contributed by atoms with Crippen LogP contribution in [0.3, 0.4) is 0 Å². The molecule has 2 aliphatic carbocycles. The summed E-state index contributed by atoms with van der Waals surface area (Å²) in [6.07, 6.45) is 1.53. The summed E-state index contributed by atoms with van der Waals surface area (Å²) < 4.78 is 17.1. The molecule has 1 aliphatic heterocycles. The first-order valence-corrected chi connectivity index (χ1v) is 12.3. The lowest BCUT2D eigenvalue weighted by molar-refractivity contribution is -0.403. The average molecular weight is 486 g/mol. The summed E-state index contributed by atoms with van der Waals surface area (Å²) >= 11 is 0. The fourth-order valence-electron chi connectivity index (χ4n) is 5.08. The van der Waals surface area contributed by atoms with Gasteiger partial charge >= 0.3 is 12.1 Å². The van der Waals surface area contributed by atoms with Gasteiger partial charge in [0.15, 0.2) is 11.8 Å². The van der Waals surface area contributed by atoms with Crippen molar-refractivity contribution >= 4 is 12.1 Å². The van der Waals surface area contributed by atoms with Crippen molar-refractivity contribution in [3.63, 3.8) is 0 Å². The molecule has 7 nitrogen and oxygen atoms in total. The maximum absolute atomic E-state index is 13.3. The molecule has 3 aliphatic rings. The normalized spacial score (nSPS) is 19.8. The zero-order chi connectivity index (χ0) is 24.5. The summed E-state index contributed by atoms with van der Waals surface area (Å²) in [5, 5.41) is 1.03. The molecule has 36 heavy (non-hydrogen) atoms. The van der Waals surface area contributed by atoms with Crippen LogP contribution in [0.25, 0.3) is 11.1 Å². The second-order valence-corrected chi connectivity index (χ2v) is 9.41. The van der Waals surface area contributed by atoms with Crippen LogP contribution < -0.4 is 0 Å². The van der Waals surface area contributed by atoms with Crippen molar-refractivity contribution in [1.82, 2.24) is 5.06 Å². The number of hydroxylamine groups is 2. The topological polar surface area (TPSA) is 74.3 Å².